The second kappa shape index (κ2) is 10.5. The Balaban J connectivity index is 1.35. The molecule has 2 aliphatic rings. The summed E-state index contributed by atoms with van der Waals surface area (Å²) in [5.74, 6) is 0.782. The number of hydrogen-bond acceptors (Lipinski definition) is 9. The van der Waals surface area contributed by atoms with E-state index >= 15 is 0 Å². The quantitative estimate of drug-likeness (QED) is 0.333. The van der Waals surface area contributed by atoms with Crippen LogP contribution < -0.4 is 29.6 Å². The summed E-state index contributed by atoms with van der Waals surface area (Å²) in [6, 6.07) is 10.6. The number of ether oxygens (including phenoxy) is 4. The highest BCUT2D eigenvalue weighted by Gasteiger charge is 2.34. The fourth-order valence-corrected chi connectivity index (χ4v) is 6.16. The Hall–Kier alpha value is -3.76. The predicted octanol–water partition coefficient (Wildman–Crippen LogP) is 4.61. The number of amides is 1. The Kier molecular flexibility index (Phi) is 7.18. The van der Waals surface area contributed by atoms with Crippen LogP contribution >= 0.6 is 11.3 Å². The first-order valence-corrected chi connectivity index (χ1v) is 13.2. The Labute approximate surface area is 225 Å². The Morgan fingerprint density at radius 3 is 2.45 bits per heavy atom. The summed E-state index contributed by atoms with van der Waals surface area (Å²) >= 11 is 1.65. The summed E-state index contributed by atoms with van der Waals surface area (Å²) in [6.45, 7) is 6.20. The van der Waals surface area contributed by atoms with Crippen LogP contribution in [0.15, 0.2) is 36.4 Å². The summed E-state index contributed by atoms with van der Waals surface area (Å²) in [6.07, 6.45) is 0.419. The van der Waals surface area contributed by atoms with Crippen LogP contribution in [0.1, 0.15) is 56.7 Å². The number of carbonyl (C=O) groups excluding carboxylic acids is 2. The van der Waals surface area contributed by atoms with Crippen molar-refractivity contribution >= 4 is 28.2 Å². The standard InChI is InChI=1S/C28H31N3O6S/c1-15(2)31-10-9-19-22(14-31)38-27-23(19)26(32)29-25(30-27)16-7-6-8-18(11-16)37-28(33)17-12-20(34-3)24(36-5)21(13-17)35-4/h6-8,11-13,15,25,30H,9-10,14H2,1-5H3,(H,29,32). The summed E-state index contributed by atoms with van der Waals surface area (Å²) in [5.41, 5.74) is 2.93. The van der Waals surface area contributed by atoms with E-state index < -0.39 is 12.1 Å². The van der Waals surface area contributed by atoms with Gasteiger partial charge in [0.25, 0.3) is 5.91 Å². The zero-order valence-corrected chi connectivity index (χ0v) is 22.9. The Morgan fingerprint density at radius 2 is 1.79 bits per heavy atom. The number of nitrogens with one attached hydrogen (secondary N) is 2. The third-order valence-corrected chi connectivity index (χ3v) is 8.05. The maximum Gasteiger partial charge on any atom is 0.343 e. The zero-order chi connectivity index (χ0) is 27.0. The van der Waals surface area contributed by atoms with Gasteiger partial charge in [-0.15, -0.1) is 11.3 Å². The van der Waals surface area contributed by atoms with Gasteiger partial charge in [-0.3, -0.25) is 9.69 Å². The minimum atomic E-state index is -0.579. The number of fused-ring (bicyclic) bond motifs is 3. The first kappa shape index (κ1) is 25.9. The summed E-state index contributed by atoms with van der Waals surface area (Å²) < 4.78 is 21.7. The molecule has 2 N–H and O–H groups in total. The van der Waals surface area contributed by atoms with Crippen molar-refractivity contribution in [1.29, 1.82) is 0 Å². The lowest BCUT2D eigenvalue weighted by molar-refractivity contribution is 0.0733. The maximum absolute atomic E-state index is 13.2. The van der Waals surface area contributed by atoms with Crippen molar-refractivity contribution in [2.24, 2.45) is 0 Å². The minimum absolute atomic E-state index is 0.0842. The van der Waals surface area contributed by atoms with Crippen LogP contribution in [0, 0.1) is 0 Å². The molecule has 1 amide bonds. The average Bonchev–Trinajstić information content (AvgIpc) is 3.30. The lowest BCUT2D eigenvalue weighted by atomic mass is 9.99. The van der Waals surface area contributed by atoms with Crippen LogP contribution in [-0.4, -0.2) is 50.7 Å². The fourth-order valence-electron chi connectivity index (χ4n) is 4.87. The van der Waals surface area contributed by atoms with E-state index in [1.807, 2.05) is 6.07 Å². The second-order valence-corrected chi connectivity index (χ2v) is 10.6. The largest absolute Gasteiger partial charge is 0.493 e. The molecule has 2 aliphatic heterocycles. The molecule has 10 heteroatoms. The van der Waals surface area contributed by atoms with Gasteiger partial charge in [-0.05, 0) is 55.7 Å². The Bertz CT molecular complexity index is 1360. The second-order valence-electron chi connectivity index (χ2n) is 9.45. The lowest BCUT2D eigenvalue weighted by Crippen LogP contribution is -2.39. The highest BCUT2D eigenvalue weighted by molar-refractivity contribution is 7.16. The lowest BCUT2D eigenvalue weighted by Gasteiger charge is -2.31. The molecular weight excluding hydrogens is 506 g/mol. The van der Waals surface area contributed by atoms with Gasteiger partial charge in [-0.25, -0.2) is 4.79 Å². The number of nitrogens with zero attached hydrogens (tertiary/aromatic N) is 1. The summed E-state index contributed by atoms with van der Waals surface area (Å²) in [4.78, 5) is 29.8. The molecular formula is C28H31N3O6S. The van der Waals surface area contributed by atoms with Crippen LogP contribution in [0.2, 0.25) is 0 Å². The predicted molar refractivity (Wildman–Crippen MR) is 145 cm³/mol. The highest BCUT2D eigenvalue weighted by atomic mass is 32.1. The molecule has 1 aromatic heterocycles. The van der Waals surface area contributed by atoms with E-state index in [0.29, 0.717) is 29.0 Å². The molecule has 1 atom stereocenters. The topological polar surface area (TPSA) is 98.4 Å². The number of benzene rings is 2. The van der Waals surface area contributed by atoms with Crippen molar-refractivity contribution in [3.05, 3.63) is 63.5 Å². The van der Waals surface area contributed by atoms with Crippen molar-refractivity contribution < 1.29 is 28.5 Å². The van der Waals surface area contributed by atoms with E-state index in [1.165, 1.54) is 38.3 Å². The van der Waals surface area contributed by atoms with Crippen LogP contribution in [-0.2, 0) is 13.0 Å². The highest BCUT2D eigenvalue weighted by Crippen LogP contribution is 2.41. The number of hydrogen-bond donors (Lipinski definition) is 2. The van der Waals surface area contributed by atoms with Crippen molar-refractivity contribution in [2.75, 3.05) is 33.2 Å². The molecule has 3 heterocycles. The number of rotatable bonds is 7. The van der Waals surface area contributed by atoms with E-state index in [9.17, 15) is 9.59 Å². The molecule has 3 aromatic rings. The van der Waals surface area contributed by atoms with E-state index in [-0.39, 0.29) is 11.5 Å². The van der Waals surface area contributed by atoms with Gasteiger partial charge in [0.2, 0.25) is 5.75 Å². The van der Waals surface area contributed by atoms with Crippen LogP contribution in [0.3, 0.4) is 0 Å². The average molecular weight is 538 g/mol. The van der Waals surface area contributed by atoms with E-state index in [0.717, 1.165) is 41.2 Å². The third-order valence-electron chi connectivity index (χ3n) is 6.90. The normalized spacial score (nSPS) is 16.7. The molecule has 0 bridgehead atoms. The van der Waals surface area contributed by atoms with Crippen molar-refractivity contribution in [3.63, 3.8) is 0 Å². The van der Waals surface area contributed by atoms with Crippen LogP contribution in [0.25, 0.3) is 0 Å². The first-order chi connectivity index (χ1) is 18.3. The minimum Gasteiger partial charge on any atom is -0.493 e. The van der Waals surface area contributed by atoms with Gasteiger partial charge in [0.15, 0.2) is 11.5 Å². The van der Waals surface area contributed by atoms with Gasteiger partial charge in [0, 0.05) is 24.0 Å². The number of anilines is 1. The molecule has 0 radical (unpaired) electrons. The molecule has 38 heavy (non-hydrogen) atoms. The fraction of sp³-hybridized carbons (Fsp3) is 0.357. The van der Waals surface area contributed by atoms with Crippen molar-refractivity contribution in [3.8, 4) is 23.0 Å². The first-order valence-electron chi connectivity index (χ1n) is 12.4. The molecule has 0 aliphatic carbocycles. The van der Waals surface area contributed by atoms with E-state index in [1.54, 1.807) is 29.5 Å². The number of carbonyl (C=O) groups is 2. The summed E-state index contributed by atoms with van der Waals surface area (Å²) in [7, 11) is 4.46. The molecule has 2 aromatic carbocycles. The van der Waals surface area contributed by atoms with Gasteiger partial charge in [0.05, 0.1) is 32.5 Å². The van der Waals surface area contributed by atoms with Crippen LogP contribution in [0.5, 0.6) is 23.0 Å². The van der Waals surface area contributed by atoms with E-state index in [2.05, 4.69) is 29.4 Å². The van der Waals surface area contributed by atoms with Gasteiger partial charge in [-0.2, -0.15) is 0 Å². The SMILES string of the molecule is COc1cc(C(=O)Oc2cccc(C3NC(=O)c4c(sc5c4CCN(C(C)C)C5)N3)c2)cc(OC)c1OC. The van der Waals surface area contributed by atoms with E-state index in [4.69, 9.17) is 18.9 Å². The molecule has 0 saturated heterocycles. The van der Waals surface area contributed by atoms with Crippen molar-refractivity contribution in [1.82, 2.24) is 10.2 Å². The molecule has 5 rings (SSSR count). The van der Waals surface area contributed by atoms with Gasteiger partial charge < -0.3 is 29.6 Å². The number of methoxy groups -OCH3 is 3. The molecule has 0 spiro atoms. The van der Waals surface area contributed by atoms with Gasteiger partial charge in [0.1, 0.15) is 16.9 Å². The van der Waals surface area contributed by atoms with Gasteiger partial charge in [-0.1, -0.05) is 12.1 Å². The maximum atomic E-state index is 13.2. The molecule has 0 fully saturated rings. The smallest absolute Gasteiger partial charge is 0.343 e. The van der Waals surface area contributed by atoms with Crippen molar-refractivity contribution in [2.45, 2.75) is 39.0 Å². The number of esters is 1. The Morgan fingerprint density at radius 1 is 1.05 bits per heavy atom. The zero-order valence-electron chi connectivity index (χ0n) is 22.0. The number of thiophene rings is 1. The molecule has 1 unspecified atom stereocenters. The summed E-state index contributed by atoms with van der Waals surface area (Å²) in [5, 5.41) is 7.43. The monoisotopic (exact) mass is 537 g/mol. The molecule has 9 nitrogen and oxygen atoms in total. The molecule has 200 valence electrons. The molecule has 0 saturated carbocycles. The van der Waals surface area contributed by atoms with Crippen LogP contribution in [0.4, 0.5) is 5.00 Å². The van der Waals surface area contributed by atoms with Gasteiger partial charge >= 0.3 is 5.97 Å². The third kappa shape index (κ3) is 4.77.